The summed E-state index contributed by atoms with van der Waals surface area (Å²) in [6.07, 6.45) is -2.78. The molecule has 1 aromatic carbocycles. The van der Waals surface area contributed by atoms with Crippen LogP contribution in [0.25, 0.3) is 0 Å². The van der Waals surface area contributed by atoms with Gasteiger partial charge in [-0.2, -0.15) is 13.2 Å². The Labute approximate surface area is 179 Å². The monoisotopic (exact) mass is 434 g/mol. The number of hydrogen-bond donors (Lipinski definition) is 0. The minimum absolute atomic E-state index is 0.0124. The van der Waals surface area contributed by atoms with E-state index in [-0.39, 0.29) is 18.9 Å². The Morgan fingerprint density at radius 3 is 2.45 bits per heavy atom. The smallest absolute Gasteiger partial charge is 0.416 e. The Morgan fingerprint density at radius 2 is 1.87 bits per heavy atom. The van der Waals surface area contributed by atoms with Crippen molar-refractivity contribution in [3.63, 3.8) is 0 Å². The maximum Gasteiger partial charge on any atom is 0.416 e. The van der Waals surface area contributed by atoms with Crippen LogP contribution in [0.2, 0.25) is 0 Å². The maximum atomic E-state index is 12.9. The molecule has 0 saturated carbocycles. The quantitative estimate of drug-likeness (QED) is 0.589. The van der Waals surface area contributed by atoms with Crippen molar-refractivity contribution in [3.8, 4) is 5.75 Å². The molecule has 3 rings (SSSR count). The molecule has 0 bridgehead atoms. The first-order valence-electron chi connectivity index (χ1n) is 9.84. The van der Waals surface area contributed by atoms with Crippen LogP contribution in [-0.4, -0.2) is 22.6 Å². The summed E-state index contributed by atoms with van der Waals surface area (Å²) in [7, 11) is 0. The highest BCUT2D eigenvalue weighted by Crippen LogP contribution is 2.40. The number of carbonyl (C=O) groups is 1. The highest BCUT2D eigenvalue weighted by Gasteiger charge is 2.43. The summed E-state index contributed by atoms with van der Waals surface area (Å²) in [5.41, 5.74) is 1.79. The van der Waals surface area contributed by atoms with Gasteiger partial charge in [0.25, 0.3) is 0 Å². The van der Waals surface area contributed by atoms with Crippen LogP contribution in [0, 0.1) is 20.8 Å². The molecule has 2 heterocycles. The van der Waals surface area contributed by atoms with Gasteiger partial charge in [0.15, 0.2) is 0 Å². The second-order valence-electron chi connectivity index (χ2n) is 7.82. The number of rotatable bonds is 6. The van der Waals surface area contributed by atoms with E-state index in [4.69, 9.17) is 9.57 Å². The van der Waals surface area contributed by atoms with Crippen molar-refractivity contribution >= 4 is 5.91 Å². The topological polar surface area (TPSA) is 51.7 Å². The molecule has 8 heteroatoms. The molecule has 0 aliphatic carbocycles. The van der Waals surface area contributed by atoms with Crippen LogP contribution >= 0.6 is 0 Å². The Balaban J connectivity index is 1.87. The van der Waals surface area contributed by atoms with Gasteiger partial charge in [-0.3, -0.25) is 14.6 Å². The van der Waals surface area contributed by atoms with Gasteiger partial charge in [-0.25, -0.2) is 5.06 Å². The van der Waals surface area contributed by atoms with Crippen LogP contribution < -0.4 is 4.74 Å². The van der Waals surface area contributed by atoms with Crippen LogP contribution in [0.15, 0.2) is 36.9 Å². The standard InChI is InChI=1S/C23H25F3N2O3/c1-6-11-30-21-14(2)15(3)27-16(4)19(21)13-28-20(29)12-22(5,31-28)17-7-9-18(10-8-17)23(24,25)26/h6-10H,1,11-13H2,2-5H3. The van der Waals surface area contributed by atoms with E-state index in [0.717, 1.165) is 29.0 Å². The molecule has 5 nitrogen and oxygen atoms in total. The van der Waals surface area contributed by atoms with Crippen molar-refractivity contribution in [3.05, 3.63) is 70.6 Å². The van der Waals surface area contributed by atoms with E-state index in [9.17, 15) is 18.0 Å². The zero-order valence-corrected chi connectivity index (χ0v) is 18.0. The van der Waals surface area contributed by atoms with Crippen molar-refractivity contribution in [1.29, 1.82) is 0 Å². The molecule has 0 radical (unpaired) electrons. The summed E-state index contributed by atoms with van der Waals surface area (Å²) >= 11 is 0. The number of aromatic nitrogens is 1. The predicted molar refractivity (Wildman–Crippen MR) is 109 cm³/mol. The highest BCUT2D eigenvalue weighted by molar-refractivity contribution is 5.78. The summed E-state index contributed by atoms with van der Waals surface area (Å²) < 4.78 is 44.4. The number of hydroxylamine groups is 2. The number of benzene rings is 1. The average Bonchev–Trinajstić information content (AvgIpc) is 2.99. The number of amides is 1. The molecule has 1 aliphatic rings. The number of aryl methyl sites for hydroxylation is 2. The number of hydrogen-bond acceptors (Lipinski definition) is 4. The minimum atomic E-state index is -4.42. The van der Waals surface area contributed by atoms with Crippen LogP contribution in [-0.2, 0) is 28.0 Å². The van der Waals surface area contributed by atoms with E-state index in [2.05, 4.69) is 11.6 Å². The molecule has 1 amide bonds. The summed E-state index contributed by atoms with van der Waals surface area (Å²) in [4.78, 5) is 23.2. The third kappa shape index (κ3) is 4.58. The molecule has 0 N–H and O–H groups in total. The zero-order valence-electron chi connectivity index (χ0n) is 18.0. The molecule has 166 valence electrons. The Hall–Kier alpha value is -2.87. The van der Waals surface area contributed by atoms with Gasteiger partial charge in [-0.05, 0) is 45.4 Å². The van der Waals surface area contributed by atoms with E-state index < -0.39 is 17.3 Å². The van der Waals surface area contributed by atoms with E-state index in [1.54, 1.807) is 13.0 Å². The molecule has 0 spiro atoms. The Kier molecular flexibility index (Phi) is 6.14. The number of pyridine rings is 1. The lowest BCUT2D eigenvalue weighted by Gasteiger charge is -2.26. The lowest BCUT2D eigenvalue weighted by Crippen LogP contribution is -2.27. The molecule has 2 aromatic rings. The molecule has 1 aromatic heterocycles. The number of halogens is 3. The Morgan fingerprint density at radius 1 is 1.23 bits per heavy atom. The van der Waals surface area contributed by atoms with E-state index in [1.807, 2.05) is 20.8 Å². The highest BCUT2D eigenvalue weighted by atomic mass is 19.4. The van der Waals surface area contributed by atoms with Crippen LogP contribution in [0.3, 0.4) is 0 Å². The molecule has 31 heavy (non-hydrogen) atoms. The van der Waals surface area contributed by atoms with E-state index in [0.29, 0.717) is 23.6 Å². The van der Waals surface area contributed by atoms with Crippen LogP contribution in [0.1, 0.15) is 47.0 Å². The summed E-state index contributed by atoms with van der Waals surface area (Å²) in [6, 6.07) is 4.69. The molecular formula is C23H25F3N2O3. The second-order valence-corrected chi connectivity index (χ2v) is 7.82. The normalized spacial score (nSPS) is 19.1. The maximum absolute atomic E-state index is 12.9. The summed E-state index contributed by atoms with van der Waals surface area (Å²) in [5, 5.41) is 1.23. The van der Waals surface area contributed by atoms with Gasteiger partial charge in [-0.1, -0.05) is 24.8 Å². The van der Waals surface area contributed by atoms with Gasteiger partial charge in [-0.15, -0.1) is 0 Å². The molecule has 1 saturated heterocycles. The van der Waals surface area contributed by atoms with Gasteiger partial charge in [0.1, 0.15) is 18.0 Å². The molecule has 1 unspecified atom stereocenters. The molecule has 1 aliphatic heterocycles. The molecule has 1 fully saturated rings. The second kappa shape index (κ2) is 8.34. The van der Waals surface area contributed by atoms with Crippen LogP contribution in [0.4, 0.5) is 13.2 Å². The molecular weight excluding hydrogens is 409 g/mol. The average molecular weight is 434 g/mol. The summed E-state index contributed by atoms with van der Waals surface area (Å²) in [6.45, 7) is 11.4. The van der Waals surface area contributed by atoms with Gasteiger partial charge in [0, 0.05) is 22.5 Å². The van der Waals surface area contributed by atoms with Gasteiger partial charge in [0.2, 0.25) is 5.91 Å². The van der Waals surface area contributed by atoms with Crippen molar-refractivity contribution in [2.45, 2.75) is 52.4 Å². The lowest BCUT2D eigenvalue weighted by atomic mass is 9.92. The van der Waals surface area contributed by atoms with E-state index >= 15 is 0 Å². The van der Waals surface area contributed by atoms with Gasteiger partial charge < -0.3 is 4.74 Å². The van der Waals surface area contributed by atoms with Crippen molar-refractivity contribution in [2.24, 2.45) is 0 Å². The van der Waals surface area contributed by atoms with E-state index in [1.165, 1.54) is 17.2 Å². The van der Waals surface area contributed by atoms with Gasteiger partial charge >= 0.3 is 6.18 Å². The third-order valence-corrected chi connectivity index (χ3v) is 5.48. The fourth-order valence-electron chi connectivity index (χ4n) is 3.62. The first-order valence-corrected chi connectivity index (χ1v) is 9.84. The number of alkyl halides is 3. The van der Waals surface area contributed by atoms with Crippen LogP contribution in [0.5, 0.6) is 5.75 Å². The number of carbonyl (C=O) groups excluding carboxylic acids is 1. The third-order valence-electron chi connectivity index (χ3n) is 5.48. The lowest BCUT2D eigenvalue weighted by molar-refractivity contribution is -0.203. The Bertz CT molecular complexity index is 1000. The number of ether oxygens (including phenoxy) is 1. The zero-order chi connectivity index (χ0) is 23.0. The fraction of sp³-hybridized carbons (Fsp3) is 0.391. The fourth-order valence-corrected chi connectivity index (χ4v) is 3.62. The molecule has 1 atom stereocenters. The SMILES string of the molecule is C=CCOc1c(C)c(C)nc(C)c1CN1OC(C)(c2ccc(C(F)(F)F)cc2)CC1=O. The summed E-state index contributed by atoms with van der Waals surface area (Å²) in [5.74, 6) is 0.360. The van der Waals surface area contributed by atoms with Crippen molar-refractivity contribution in [2.75, 3.05) is 6.61 Å². The first-order chi connectivity index (χ1) is 14.5. The first kappa shape index (κ1) is 22.8. The van der Waals surface area contributed by atoms with Crippen molar-refractivity contribution in [1.82, 2.24) is 10.0 Å². The van der Waals surface area contributed by atoms with Crippen molar-refractivity contribution < 1.29 is 27.5 Å². The number of nitrogens with zero attached hydrogens (tertiary/aromatic N) is 2. The van der Waals surface area contributed by atoms with Gasteiger partial charge in [0.05, 0.1) is 18.5 Å². The predicted octanol–water partition coefficient (Wildman–Crippen LogP) is 5.17. The minimum Gasteiger partial charge on any atom is -0.489 e. The largest absolute Gasteiger partial charge is 0.489 e.